The van der Waals surface area contributed by atoms with Crippen LogP contribution in [0, 0.1) is 0 Å². The number of carbonyl (C=O) groups excluding carboxylic acids is 1. The monoisotopic (exact) mass is 366 g/mol. The molecule has 21 heavy (non-hydrogen) atoms. The summed E-state index contributed by atoms with van der Waals surface area (Å²) in [5.74, 6) is -0.880. The van der Waals surface area contributed by atoms with Crippen molar-refractivity contribution in [2.45, 2.75) is 0 Å². The van der Waals surface area contributed by atoms with Crippen LogP contribution in [0.15, 0.2) is 40.9 Å². The lowest BCUT2D eigenvalue weighted by Gasteiger charge is -2.10. The van der Waals surface area contributed by atoms with E-state index in [1.54, 1.807) is 18.2 Å². The molecular weight excluding hydrogens is 356 g/mol. The van der Waals surface area contributed by atoms with Crippen LogP contribution < -0.4 is 11.1 Å². The summed E-state index contributed by atoms with van der Waals surface area (Å²) in [6, 6.07) is 8.71. The highest BCUT2D eigenvalue weighted by Gasteiger charge is 2.14. The topological polar surface area (TPSA) is 95.6 Å². The second-order valence-corrected chi connectivity index (χ2v) is 5.51. The smallest absolute Gasteiger partial charge is 0.259 e. The number of hydrogen-bond donors (Lipinski definition) is 4. The molecule has 0 saturated carbocycles. The quantitative estimate of drug-likeness (QED) is 0.494. The van der Waals surface area contributed by atoms with Gasteiger partial charge >= 0.3 is 0 Å². The third-order valence-electron chi connectivity index (χ3n) is 2.73. The van der Waals surface area contributed by atoms with Gasteiger partial charge in [0.05, 0.1) is 11.3 Å². The third-order valence-corrected chi connectivity index (χ3v) is 3.62. The van der Waals surface area contributed by atoms with E-state index in [2.05, 4.69) is 21.2 Å². The lowest BCUT2D eigenvalue weighted by molar-refractivity contribution is 0.102. The molecule has 0 radical (unpaired) electrons. The van der Waals surface area contributed by atoms with Gasteiger partial charge < -0.3 is 21.3 Å². The fraction of sp³-hybridized carbons (Fsp3) is 0. The van der Waals surface area contributed by atoms with Crippen LogP contribution in [0.2, 0.25) is 0 Å². The normalized spacial score (nSPS) is 10.1. The highest BCUT2D eigenvalue weighted by molar-refractivity contribution is 9.10. The Bertz CT molecular complexity index is 734. The SMILES string of the molecule is NC(=S)c1ccc(NC(=O)c2cc(O)ccc2O)c(Br)c1. The maximum atomic E-state index is 12.1. The zero-order chi connectivity index (χ0) is 15.6. The van der Waals surface area contributed by atoms with Crippen molar-refractivity contribution in [1.82, 2.24) is 0 Å². The molecule has 0 aromatic heterocycles. The molecule has 2 aromatic carbocycles. The van der Waals surface area contributed by atoms with E-state index in [9.17, 15) is 15.0 Å². The molecular formula is C14H11BrN2O3S. The van der Waals surface area contributed by atoms with Crippen LogP contribution >= 0.6 is 28.1 Å². The summed E-state index contributed by atoms with van der Waals surface area (Å²) in [4.78, 5) is 12.4. The second-order valence-electron chi connectivity index (χ2n) is 4.21. The van der Waals surface area contributed by atoms with Crippen molar-refractivity contribution in [1.29, 1.82) is 0 Å². The van der Waals surface area contributed by atoms with E-state index in [1.165, 1.54) is 18.2 Å². The summed E-state index contributed by atoms with van der Waals surface area (Å²) in [5.41, 5.74) is 6.65. The molecule has 5 N–H and O–H groups in total. The van der Waals surface area contributed by atoms with Crippen LogP contribution in [-0.4, -0.2) is 21.1 Å². The molecule has 108 valence electrons. The van der Waals surface area contributed by atoms with Crippen LogP contribution in [0.5, 0.6) is 11.5 Å². The van der Waals surface area contributed by atoms with Crippen LogP contribution in [-0.2, 0) is 0 Å². The predicted molar refractivity (Wildman–Crippen MR) is 87.8 cm³/mol. The van der Waals surface area contributed by atoms with Gasteiger partial charge in [0, 0.05) is 10.0 Å². The van der Waals surface area contributed by atoms with Crippen molar-refractivity contribution in [2.75, 3.05) is 5.32 Å². The molecule has 0 spiro atoms. The summed E-state index contributed by atoms with van der Waals surface area (Å²) in [5, 5.41) is 21.6. The zero-order valence-corrected chi connectivity index (χ0v) is 13.0. The number of rotatable bonds is 3. The maximum absolute atomic E-state index is 12.1. The first kappa shape index (κ1) is 15.3. The summed E-state index contributed by atoms with van der Waals surface area (Å²) < 4.78 is 0.598. The highest BCUT2D eigenvalue weighted by atomic mass is 79.9. The Labute approximate surface area is 134 Å². The van der Waals surface area contributed by atoms with Gasteiger partial charge in [0.1, 0.15) is 16.5 Å². The lowest BCUT2D eigenvalue weighted by Crippen LogP contribution is -2.13. The number of thiocarbonyl (C=S) groups is 1. The first-order valence-corrected chi connectivity index (χ1v) is 7.01. The zero-order valence-electron chi connectivity index (χ0n) is 10.6. The molecule has 0 aliphatic rings. The number of phenolic OH excluding ortho intramolecular Hbond substituents is 2. The van der Waals surface area contributed by atoms with Crippen molar-refractivity contribution in [3.05, 3.63) is 52.0 Å². The van der Waals surface area contributed by atoms with Gasteiger partial charge in [-0.25, -0.2) is 0 Å². The molecule has 5 nitrogen and oxygen atoms in total. The average molecular weight is 367 g/mol. The predicted octanol–water partition coefficient (Wildman–Crippen LogP) is 2.75. The Morgan fingerprint density at radius 2 is 1.90 bits per heavy atom. The van der Waals surface area contributed by atoms with E-state index < -0.39 is 5.91 Å². The Kier molecular flexibility index (Phi) is 4.44. The van der Waals surface area contributed by atoms with Gasteiger partial charge in [-0.1, -0.05) is 12.2 Å². The summed E-state index contributed by atoms with van der Waals surface area (Å²) in [6.45, 7) is 0. The van der Waals surface area contributed by atoms with Crippen molar-refractivity contribution < 1.29 is 15.0 Å². The number of hydrogen-bond acceptors (Lipinski definition) is 4. The Morgan fingerprint density at radius 3 is 2.52 bits per heavy atom. The van der Waals surface area contributed by atoms with Crippen LogP contribution in [0.1, 0.15) is 15.9 Å². The summed E-state index contributed by atoms with van der Waals surface area (Å²) >= 11 is 8.18. The number of nitrogens with one attached hydrogen (secondary N) is 1. The molecule has 0 aliphatic carbocycles. The Balaban J connectivity index is 2.27. The number of amides is 1. The maximum Gasteiger partial charge on any atom is 0.259 e. The Hall–Kier alpha value is -2.12. The Morgan fingerprint density at radius 1 is 1.19 bits per heavy atom. The fourth-order valence-electron chi connectivity index (χ4n) is 1.67. The summed E-state index contributed by atoms with van der Waals surface area (Å²) in [7, 11) is 0. The number of carbonyl (C=O) groups is 1. The number of phenols is 2. The molecule has 0 atom stereocenters. The van der Waals surface area contributed by atoms with Crippen LogP contribution in [0.4, 0.5) is 5.69 Å². The van der Waals surface area contributed by atoms with Crippen molar-refractivity contribution in [2.24, 2.45) is 5.73 Å². The summed E-state index contributed by atoms with van der Waals surface area (Å²) in [6.07, 6.45) is 0. The van der Waals surface area contributed by atoms with Crippen molar-refractivity contribution >= 4 is 44.7 Å². The van der Waals surface area contributed by atoms with E-state index in [-0.39, 0.29) is 22.1 Å². The highest BCUT2D eigenvalue weighted by Crippen LogP contribution is 2.27. The first-order valence-electron chi connectivity index (χ1n) is 5.81. The minimum atomic E-state index is -0.549. The molecule has 0 unspecified atom stereocenters. The number of anilines is 1. The van der Waals surface area contributed by atoms with Gasteiger partial charge in [-0.2, -0.15) is 0 Å². The number of benzene rings is 2. The number of aromatic hydroxyl groups is 2. The molecule has 0 heterocycles. The van der Waals surface area contributed by atoms with E-state index in [1.807, 2.05) is 0 Å². The van der Waals surface area contributed by atoms with Crippen LogP contribution in [0.25, 0.3) is 0 Å². The van der Waals surface area contributed by atoms with Crippen molar-refractivity contribution in [3.63, 3.8) is 0 Å². The van der Waals surface area contributed by atoms with Gasteiger partial charge in [0.15, 0.2) is 0 Å². The second kappa shape index (κ2) is 6.11. The number of halogens is 1. The molecule has 0 bridgehead atoms. The van der Waals surface area contributed by atoms with E-state index in [4.69, 9.17) is 18.0 Å². The molecule has 0 aliphatic heterocycles. The van der Waals surface area contributed by atoms with Gasteiger partial charge in [0.25, 0.3) is 5.91 Å². The first-order chi connectivity index (χ1) is 9.88. The van der Waals surface area contributed by atoms with Crippen molar-refractivity contribution in [3.8, 4) is 11.5 Å². The molecule has 7 heteroatoms. The van der Waals surface area contributed by atoms with Gasteiger partial charge in [0.2, 0.25) is 0 Å². The lowest BCUT2D eigenvalue weighted by atomic mass is 10.1. The molecule has 2 rings (SSSR count). The van der Waals surface area contributed by atoms with Gasteiger partial charge in [-0.15, -0.1) is 0 Å². The third kappa shape index (κ3) is 3.50. The van der Waals surface area contributed by atoms with E-state index in [0.29, 0.717) is 15.7 Å². The molecule has 2 aromatic rings. The van der Waals surface area contributed by atoms with Gasteiger partial charge in [-0.3, -0.25) is 4.79 Å². The molecule has 0 saturated heterocycles. The van der Waals surface area contributed by atoms with E-state index in [0.717, 1.165) is 0 Å². The molecule has 1 amide bonds. The average Bonchev–Trinajstić information content (AvgIpc) is 2.43. The van der Waals surface area contributed by atoms with E-state index >= 15 is 0 Å². The number of nitrogens with two attached hydrogens (primary N) is 1. The standard InChI is InChI=1S/C14H11BrN2O3S/c15-10-5-7(13(16)21)1-3-11(10)17-14(20)9-6-8(18)2-4-12(9)19/h1-6,18-19H,(H2,16,21)(H,17,20). The van der Waals surface area contributed by atoms with Crippen LogP contribution in [0.3, 0.4) is 0 Å². The minimum absolute atomic E-state index is 0.0275. The minimum Gasteiger partial charge on any atom is -0.508 e. The largest absolute Gasteiger partial charge is 0.508 e. The van der Waals surface area contributed by atoms with Gasteiger partial charge in [-0.05, 0) is 52.3 Å². The molecule has 0 fully saturated rings. The fourth-order valence-corrected chi connectivity index (χ4v) is 2.27.